The number of rotatable bonds is 6. The Morgan fingerprint density at radius 1 is 1.09 bits per heavy atom. The van der Waals surface area contributed by atoms with Gasteiger partial charge in [-0.3, -0.25) is 4.79 Å². The van der Waals surface area contributed by atoms with Gasteiger partial charge in [-0.15, -0.1) is 0 Å². The van der Waals surface area contributed by atoms with Crippen LogP contribution in [0.4, 0.5) is 10.1 Å². The van der Waals surface area contributed by atoms with E-state index in [1.54, 1.807) is 31.4 Å². The number of benzene rings is 3. The molecule has 0 fully saturated rings. The van der Waals surface area contributed by atoms with Gasteiger partial charge in [-0.1, -0.05) is 42.1 Å². The fourth-order valence-corrected chi connectivity index (χ4v) is 4.71. The molecule has 1 aromatic heterocycles. The third-order valence-corrected chi connectivity index (χ3v) is 6.63. The summed E-state index contributed by atoms with van der Waals surface area (Å²) in [5, 5.41) is 3.54. The maximum Gasteiger partial charge on any atom is 0.234 e. The second-order valence-electron chi connectivity index (χ2n) is 8.02. The lowest BCUT2D eigenvalue weighted by molar-refractivity contribution is -0.113. The molecular formula is C27H22FN3O3S. The number of ether oxygens (including phenoxy) is 2. The van der Waals surface area contributed by atoms with Crippen molar-refractivity contribution in [1.29, 1.82) is 0 Å². The summed E-state index contributed by atoms with van der Waals surface area (Å²) in [5.74, 6) is 1.84. The van der Waals surface area contributed by atoms with Crippen molar-refractivity contribution in [3.8, 4) is 28.8 Å². The molecule has 0 spiro atoms. The molecule has 0 unspecified atom stereocenters. The van der Waals surface area contributed by atoms with Crippen LogP contribution in [0, 0.1) is 12.7 Å². The first-order chi connectivity index (χ1) is 17.0. The van der Waals surface area contributed by atoms with Crippen LogP contribution >= 0.6 is 11.8 Å². The Labute approximate surface area is 206 Å². The molecular weight excluding hydrogens is 465 g/mol. The number of nitrogens with one attached hydrogen (secondary N) is 1. The fourth-order valence-electron chi connectivity index (χ4n) is 3.88. The fraction of sp³-hybridized carbons (Fsp3) is 0.148. The lowest BCUT2D eigenvalue weighted by Gasteiger charge is -2.23. The van der Waals surface area contributed by atoms with E-state index in [4.69, 9.17) is 14.5 Å². The number of aryl methyl sites for hydroxylation is 1. The first kappa shape index (κ1) is 22.9. The van der Waals surface area contributed by atoms with Crippen LogP contribution in [0.25, 0.3) is 11.4 Å². The van der Waals surface area contributed by atoms with Gasteiger partial charge in [-0.05, 0) is 54.4 Å². The lowest BCUT2D eigenvalue weighted by atomic mass is 10.0. The summed E-state index contributed by atoms with van der Waals surface area (Å²) >= 11 is 1.31. The first-order valence-electron chi connectivity index (χ1n) is 11.0. The van der Waals surface area contributed by atoms with E-state index in [0.29, 0.717) is 40.2 Å². The predicted octanol–water partition coefficient (Wildman–Crippen LogP) is 6.03. The number of carbonyl (C=O) groups excluding carboxylic acids is 1. The number of thioether (sulfide) groups is 1. The van der Waals surface area contributed by atoms with Crippen molar-refractivity contribution in [2.75, 3.05) is 18.2 Å². The minimum absolute atomic E-state index is 0.130. The standard InChI is InChI=1S/C27H22FN3O3S/c1-16-6-5-7-18-14-20-26(34-24(16)18)30-25(17-10-12-19(28)13-11-17)31-27(20)35-15-23(32)29-21-8-3-4-9-22(21)33-2/h3-13H,14-15H2,1-2H3,(H,29,32). The number of nitrogens with zero attached hydrogens (tertiary/aromatic N) is 2. The molecule has 0 saturated heterocycles. The molecule has 1 N–H and O–H groups in total. The average Bonchev–Trinajstić information content (AvgIpc) is 2.87. The quantitative estimate of drug-likeness (QED) is 0.233. The monoisotopic (exact) mass is 487 g/mol. The van der Waals surface area contributed by atoms with E-state index in [1.165, 1.54) is 23.9 Å². The van der Waals surface area contributed by atoms with E-state index in [0.717, 1.165) is 22.4 Å². The summed E-state index contributed by atoms with van der Waals surface area (Å²) < 4.78 is 25.0. The Morgan fingerprint density at radius 2 is 1.89 bits per heavy atom. The van der Waals surface area contributed by atoms with Gasteiger partial charge in [-0.25, -0.2) is 9.37 Å². The van der Waals surface area contributed by atoms with E-state index < -0.39 is 0 Å². The van der Waals surface area contributed by atoms with Gasteiger partial charge in [0.2, 0.25) is 11.8 Å². The Kier molecular flexibility index (Phi) is 6.37. The van der Waals surface area contributed by atoms with Crippen molar-refractivity contribution in [3.63, 3.8) is 0 Å². The van der Waals surface area contributed by atoms with E-state index >= 15 is 0 Å². The zero-order valence-electron chi connectivity index (χ0n) is 19.2. The normalized spacial score (nSPS) is 11.7. The zero-order chi connectivity index (χ0) is 24.4. The number of fused-ring (bicyclic) bond motifs is 2. The van der Waals surface area contributed by atoms with Crippen LogP contribution < -0.4 is 14.8 Å². The molecule has 6 nitrogen and oxygen atoms in total. The average molecular weight is 488 g/mol. The van der Waals surface area contributed by atoms with Crippen molar-refractivity contribution in [2.45, 2.75) is 18.4 Å². The number of hydrogen-bond donors (Lipinski definition) is 1. The highest BCUT2D eigenvalue weighted by Gasteiger charge is 2.25. The van der Waals surface area contributed by atoms with Gasteiger partial charge in [0.15, 0.2) is 5.82 Å². The summed E-state index contributed by atoms with van der Waals surface area (Å²) in [6, 6.07) is 19.2. The van der Waals surface area contributed by atoms with Gasteiger partial charge < -0.3 is 14.8 Å². The molecule has 4 aromatic rings. The lowest BCUT2D eigenvalue weighted by Crippen LogP contribution is -2.16. The number of hydrogen-bond acceptors (Lipinski definition) is 6. The molecule has 35 heavy (non-hydrogen) atoms. The van der Waals surface area contributed by atoms with Gasteiger partial charge in [0.25, 0.3) is 0 Å². The van der Waals surface area contributed by atoms with Crippen LogP contribution in [-0.2, 0) is 11.2 Å². The van der Waals surface area contributed by atoms with Crippen molar-refractivity contribution in [2.24, 2.45) is 0 Å². The predicted molar refractivity (Wildman–Crippen MR) is 134 cm³/mol. The van der Waals surface area contributed by atoms with E-state index in [9.17, 15) is 9.18 Å². The van der Waals surface area contributed by atoms with Crippen LogP contribution in [0.3, 0.4) is 0 Å². The Bertz CT molecular complexity index is 1410. The molecule has 3 aromatic carbocycles. The van der Waals surface area contributed by atoms with Gasteiger partial charge in [0.05, 0.1) is 24.1 Å². The van der Waals surface area contributed by atoms with E-state index in [1.807, 2.05) is 37.3 Å². The Morgan fingerprint density at radius 3 is 2.69 bits per heavy atom. The molecule has 0 bridgehead atoms. The van der Waals surface area contributed by atoms with Crippen LogP contribution in [-0.4, -0.2) is 28.7 Å². The minimum Gasteiger partial charge on any atom is -0.495 e. The number of amides is 1. The number of para-hydroxylation sites is 3. The molecule has 0 atom stereocenters. The molecule has 0 saturated carbocycles. The maximum atomic E-state index is 13.5. The number of halogens is 1. The topological polar surface area (TPSA) is 73.3 Å². The third-order valence-electron chi connectivity index (χ3n) is 5.61. The molecule has 176 valence electrons. The molecule has 2 heterocycles. The second-order valence-corrected chi connectivity index (χ2v) is 8.99. The molecule has 0 aliphatic carbocycles. The van der Waals surface area contributed by atoms with Gasteiger partial charge in [0.1, 0.15) is 22.3 Å². The molecule has 0 radical (unpaired) electrons. The number of aromatic nitrogens is 2. The van der Waals surface area contributed by atoms with Crippen molar-refractivity contribution < 1.29 is 18.7 Å². The van der Waals surface area contributed by atoms with Crippen molar-refractivity contribution in [1.82, 2.24) is 9.97 Å². The first-order valence-corrected chi connectivity index (χ1v) is 12.0. The van der Waals surface area contributed by atoms with Gasteiger partial charge >= 0.3 is 0 Å². The van der Waals surface area contributed by atoms with Crippen LogP contribution in [0.5, 0.6) is 17.4 Å². The molecule has 1 aliphatic rings. The largest absolute Gasteiger partial charge is 0.495 e. The third kappa shape index (κ3) is 4.83. The molecule has 8 heteroatoms. The minimum atomic E-state index is -0.338. The molecule has 1 amide bonds. The molecule has 5 rings (SSSR count). The highest BCUT2D eigenvalue weighted by atomic mass is 32.2. The SMILES string of the molecule is COc1ccccc1NC(=O)CSc1nc(-c2ccc(F)cc2)nc2c1Cc1cccc(C)c1O2. The smallest absolute Gasteiger partial charge is 0.234 e. The van der Waals surface area contributed by atoms with E-state index in [-0.39, 0.29) is 17.5 Å². The summed E-state index contributed by atoms with van der Waals surface area (Å²) in [5.41, 5.74) is 4.14. The summed E-state index contributed by atoms with van der Waals surface area (Å²) in [7, 11) is 1.56. The van der Waals surface area contributed by atoms with Crippen LogP contribution in [0.1, 0.15) is 16.7 Å². The summed E-state index contributed by atoms with van der Waals surface area (Å²) in [4.78, 5) is 22.1. The number of methoxy groups -OCH3 is 1. The Balaban J connectivity index is 1.45. The van der Waals surface area contributed by atoms with Crippen LogP contribution in [0.2, 0.25) is 0 Å². The summed E-state index contributed by atoms with van der Waals surface area (Å²) in [6.07, 6.45) is 0.590. The highest BCUT2D eigenvalue weighted by molar-refractivity contribution is 8.00. The Hall–Kier alpha value is -3.91. The van der Waals surface area contributed by atoms with E-state index in [2.05, 4.69) is 10.3 Å². The highest BCUT2D eigenvalue weighted by Crippen LogP contribution is 2.41. The van der Waals surface area contributed by atoms with Crippen LogP contribution in [0.15, 0.2) is 71.8 Å². The second kappa shape index (κ2) is 9.76. The van der Waals surface area contributed by atoms with Crippen molar-refractivity contribution >= 4 is 23.4 Å². The van der Waals surface area contributed by atoms with Gasteiger partial charge in [0, 0.05) is 12.0 Å². The van der Waals surface area contributed by atoms with Crippen molar-refractivity contribution in [3.05, 3.63) is 89.2 Å². The number of anilines is 1. The summed E-state index contributed by atoms with van der Waals surface area (Å²) in [6.45, 7) is 1.99. The molecule has 1 aliphatic heterocycles. The number of carbonyl (C=O) groups is 1. The zero-order valence-corrected chi connectivity index (χ0v) is 20.0. The maximum absolute atomic E-state index is 13.5. The van der Waals surface area contributed by atoms with Gasteiger partial charge in [-0.2, -0.15) is 4.98 Å².